The van der Waals surface area contributed by atoms with Gasteiger partial charge in [-0.25, -0.2) is 9.78 Å². The van der Waals surface area contributed by atoms with E-state index in [1.165, 1.54) is 29.6 Å². The molecule has 0 saturated heterocycles. The van der Waals surface area contributed by atoms with E-state index in [-0.39, 0.29) is 5.91 Å². The number of aliphatic carboxylic acids is 1. The summed E-state index contributed by atoms with van der Waals surface area (Å²) in [5, 5.41) is 13.7. The van der Waals surface area contributed by atoms with Crippen LogP contribution in [0.2, 0.25) is 0 Å². The number of thiophene rings is 1. The molecule has 0 saturated carbocycles. The maximum absolute atomic E-state index is 12.3. The minimum absolute atomic E-state index is 0.312. The Bertz CT molecular complexity index is 847. The second-order valence-corrected chi connectivity index (χ2v) is 6.82. The Kier molecular flexibility index (Phi) is 3.22. The van der Waals surface area contributed by atoms with Gasteiger partial charge >= 0.3 is 5.97 Å². The van der Waals surface area contributed by atoms with E-state index in [1.54, 1.807) is 13.0 Å². The molecule has 0 bridgehead atoms. The molecule has 0 radical (unpaired) electrons. The van der Waals surface area contributed by atoms with Crippen LogP contribution in [0.25, 0.3) is 15.3 Å². The number of rotatable bonds is 4. The summed E-state index contributed by atoms with van der Waals surface area (Å²) < 4.78 is 1.92. The first-order valence-electron chi connectivity index (χ1n) is 6.35. The Morgan fingerprint density at radius 3 is 2.95 bits per heavy atom. The number of hydrogen-bond acceptors (Lipinski definition) is 5. The van der Waals surface area contributed by atoms with Crippen LogP contribution >= 0.6 is 22.7 Å². The van der Waals surface area contributed by atoms with Crippen LogP contribution in [0.5, 0.6) is 0 Å². The lowest BCUT2D eigenvalue weighted by atomic mass is 9.99. The number of amides is 1. The number of carboxylic acid groups (broad SMARTS) is 1. The van der Waals surface area contributed by atoms with Crippen LogP contribution in [0, 0.1) is 0 Å². The number of hydrogen-bond donors (Lipinski definition) is 2. The molecular formula is C13H13N3O3S2. The van der Waals surface area contributed by atoms with Crippen molar-refractivity contribution in [3.63, 3.8) is 0 Å². The third-order valence-electron chi connectivity index (χ3n) is 3.53. The standard InChI is InChI=1S/C13H13N3O3S2/c1-3-13(2,11(18)19)15-9(17)8-6-7-10(21-8)14-12-16(7)4-5-20-12/h4-6H,3H2,1-2H3,(H,15,17)(H,18,19). The number of nitrogens with one attached hydrogen (secondary N) is 1. The van der Waals surface area contributed by atoms with E-state index in [4.69, 9.17) is 0 Å². The molecule has 21 heavy (non-hydrogen) atoms. The Morgan fingerprint density at radius 1 is 1.52 bits per heavy atom. The van der Waals surface area contributed by atoms with Gasteiger partial charge in [0, 0.05) is 11.6 Å². The van der Waals surface area contributed by atoms with Crippen molar-refractivity contribution in [3.05, 3.63) is 22.5 Å². The van der Waals surface area contributed by atoms with Crippen molar-refractivity contribution in [3.8, 4) is 0 Å². The van der Waals surface area contributed by atoms with E-state index in [1.807, 2.05) is 16.0 Å². The molecule has 3 aromatic rings. The zero-order valence-electron chi connectivity index (χ0n) is 11.4. The Hall–Kier alpha value is -1.93. The van der Waals surface area contributed by atoms with Crippen molar-refractivity contribution in [1.82, 2.24) is 14.7 Å². The van der Waals surface area contributed by atoms with Crippen molar-refractivity contribution in [2.75, 3.05) is 0 Å². The number of carbonyl (C=O) groups is 2. The molecule has 0 aliphatic carbocycles. The van der Waals surface area contributed by atoms with E-state index < -0.39 is 11.5 Å². The molecule has 6 nitrogen and oxygen atoms in total. The smallest absolute Gasteiger partial charge is 0.329 e. The predicted octanol–water partition coefficient (Wildman–Crippen LogP) is 2.59. The molecular weight excluding hydrogens is 310 g/mol. The van der Waals surface area contributed by atoms with Gasteiger partial charge in [-0.2, -0.15) is 0 Å². The molecule has 3 heterocycles. The summed E-state index contributed by atoms with van der Waals surface area (Å²) in [6.07, 6.45) is 2.21. The van der Waals surface area contributed by atoms with E-state index in [0.29, 0.717) is 11.3 Å². The molecule has 3 rings (SSSR count). The summed E-state index contributed by atoms with van der Waals surface area (Å²) in [7, 11) is 0. The molecule has 1 unspecified atom stereocenters. The summed E-state index contributed by atoms with van der Waals surface area (Å²) in [5.41, 5.74) is -0.390. The molecule has 0 fully saturated rings. The second kappa shape index (κ2) is 4.81. The SMILES string of the molecule is CCC(C)(NC(=O)c1cc2c(nc3sccn32)s1)C(=O)O. The fraction of sp³-hybridized carbons (Fsp3) is 0.308. The highest BCUT2D eigenvalue weighted by Gasteiger charge is 2.33. The van der Waals surface area contributed by atoms with Crippen molar-refractivity contribution < 1.29 is 14.7 Å². The average molecular weight is 323 g/mol. The maximum atomic E-state index is 12.3. The van der Waals surface area contributed by atoms with Gasteiger partial charge in [-0.05, 0) is 19.4 Å². The van der Waals surface area contributed by atoms with Crippen LogP contribution in [0.15, 0.2) is 17.6 Å². The first kappa shape index (κ1) is 14.0. The van der Waals surface area contributed by atoms with E-state index in [9.17, 15) is 14.7 Å². The number of carbonyl (C=O) groups excluding carboxylic acids is 1. The van der Waals surface area contributed by atoms with Gasteiger partial charge in [-0.15, -0.1) is 22.7 Å². The summed E-state index contributed by atoms with van der Waals surface area (Å²) in [6, 6.07) is 1.75. The summed E-state index contributed by atoms with van der Waals surface area (Å²) in [4.78, 5) is 30.1. The molecule has 0 spiro atoms. The minimum atomic E-state index is -1.26. The lowest BCUT2D eigenvalue weighted by molar-refractivity contribution is -0.143. The maximum Gasteiger partial charge on any atom is 0.329 e. The second-order valence-electron chi connectivity index (χ2n) is 4.91. The van der Waals surface area contributed by atoms with Crippen LogP contribution in [0.3, 0.4) is 0 Å². The summed E-state index contributed by atoms with van der Waals surface area (Å²) >= 11 is 2.80. The zero-order valence-corrected chi connectivity index (χ0v) is 13.0. The quantitative estimate of drug-likeness (QED) is 0.773. The van der Waals surface area contributed by atoms with Gasteiger partial charge in [0.05, 0.1) is 10.4 Å². The molecule has 1 atom stereocenters. The van der Waals surface area contributed by atoms with Gasteiger partial charge in [0.2, 0.25) is 0 Å². The summed E-state index contributed by atoms with van der Waals surface area (Å²) in [5.74, 6) is -1.42. The van der Waals surface area contributed by atoms with Gasteiger partial charge in [-0.1, -0.05) is 6.92 Å². The highest BCUT2D eigenvalue weighted by Crippen LogP contribution is 2.28. The number of aromatic nitrogens is 2. The molecule has 0 aliphatic rings. The lowest BCUT2D eigenvalue weighted by Crippen LogP contribution is -2.51. The Balaban J connectivity index is 1.94. The fourth-order valence-corrected chi connectivity index (χ4v) is 3.66. The van der Waals surface area contributed by atoms with Gasteiger partial charge in [-0.3, -0.25) is 9.20 Å². The van der Waals surface area contributed by atoms with E-state index >= 15 is 0 Å². The molecule has 3 aromatic heterocycles. The van der Waals surface area contributed by atoms with Crippen LogP contribution in [0.1, 0.15) is 29.9 Å². The van der Waals surface area contributed by atoms with Crippen molar-refractivity contribution in [1.29, 1.82) is 0 Å². The van der Waals surface area contributed by atoms with Gasteiger partial charge in [0.25, 0.3) is 5.91 Å². The third-order valence-corrected chi connectivity index (χ3v) is 5.31. The molecule has 1 amide bonds. The number of carboxylic acids is 1. The Morgan fingerprint density at radius 2 is 2.29 bits per heavy atom. The molecule has 2 N–H and O–H groups in total. The lowest BCUT2D eigenvalue weighted by Gasteiger charge is -2.24. The topological polar surface area (TPSA) is 83.7 Å². The van der Waals surface area contributed by atoms with Crippen LogP contribution < -0.4 is 5.32 Å². The molecule has 8 heteroatoms. The minimum Gasteiger partial charge on any atom is -0.480 e. The average Bonchev–Trinajstić information content (AvgIpc) is 3.08. The number of imidazole rings is 1. The van der Waals surface area contributed by atoms with Gasteiger partial charge in [0.1, 0.15) is 10.4 Å². The molecule has 110 valence electrons. The predicted molar refractivity (Wildman–Crippen MR) is 82.3 cm³/mol. The zero-order chi connectivity index (χ0) is 15.2. The van der Waals surface area contributed by atoms with Crippen LogP contribution in [0.4, 0.5) is 0 Å². The van der Waals surface area contributed by atoms with Crippen LogP contribution in [-0.2, 0) is 4.79 Å². The number of fused-ring (bicyclic) bond motifs is 3. The van der Waals surface area contributed by atoms with Crippen molar-refractivity contribution in [2.45, 2.75) is 25.8 Å². The molecule has 0 aromatic carbocycles. The highest BCUT2D eigenvalue weighted by atomic mass is 32.1. The Labute approximate surface area is 128 Å². The largest absolute Gasteiger partial charge is 0.480 e. The first-order chi connectivity index (χ1) is 9.94. The normalized spacial score (nSPS) is 14.4. The van der Waals surface area contributed by atoms with E-state index in [0.717, 1.165) is 15.3 Å². The van der Waals surface area contributed by atoms with Crippen molar-refractivity contribution in [2.24, 2.45) is 0 Å². The monoisotopic (exact) mass is 323 g/mol. The van der Waals surface area contributed by atoms with E-state index in [2.05, 4.69) is 10.3 Å². The van der Waals surface area contributed by atoms with Gasteiger partial charge < -0.3 is 10.4 Å². The third kappa shape index (κ3) is 2.20. The fourth-order valence-electron chi connectivity index (χ4n) is 1.96. The number of nitrogens with zero attached hydrogens (tertiary/aromatic N) is 2. The van der Waals surface area contributed by atoms with Crippen molar-refractivity contribution >= 4 is 49.9 Å². The van der Waals surface area contributed by atoms with Crippen LogP contribution in [-0.4, -0.2) is 31.9 Å². The number of thiazole rings is 1. The highest BCUT2D eigenvalue weighted by molar-refractivity contribution is 7.21. The van der Waals surface area contributed by atoms with Gasteiger partial charge in [0.15, 0.2) is 4.96 Å². The first-order valence-corrected chi connectivity index (χ1v) is 8.05. The summed E-state index contributed by atoms with van der Waals surface area (Å²) in [6.45, 7) is 3.23. The molecule has 0 aliphatic heterocycles.